The number of sulfone groups is 1. The zero-order chi connectivity index (χ0) is 18.3. The second-order valence-corrected chi connectivity index (χ2v) is 9.34. The second kappa shape index (κ2) is 6.52. The summed E-state index contributed by atoms with van der Waals surface area (Å²) in [5.41, 5.74) is 2.89. The van der Waals surface area contributed by atoms with Crippen LogP contribution in [0, 0.1) is 5.92 Å². The molecule has 0 aliphatic carbocycles. The van der Waals surface area contributed by atoms with Crippen LogP contribution in [0.25, 0.3) is 22.2 Å². The molecule has 1 unspecified atom stereocenters. The number of carbonyl (C=O) groups is 1. The van der Waals surface area contributed by atoms with E-state index in [1.807, 2.05) is 30.3 Å². The molecule has 0 bridgehead atoms. The lowest BCUT2D eigenvalue weighted by molar-refractivity contribution is 0.0966. The van der Waals surface area contributed by atoms with E-state index in [2.05, 4.69) is 10.2 Å². The fourth-order valence-electron chi connectivity index (χ4n) is 3.46. The summed E-state index contributed by atoms with van der Waals surface area (Å²) in [6.45, 7) is 0. The minimum absolute atomic E-state index is 0.0390. The van der Waals surface area contributed by atoms with E-state index in [1.54, 1.807) is 12.1 Å². The summed E-state index contributed by atoms with van der Waals surface area (Å²) in [5, 5.41) is 8.81. The first-order valence-corrected chi connectivity index (χ1v) is 10.6. The van der Waals surface area contributed by atoms with Crippen LogP contribution in [0.3, 0.4) is 0 Å². The number of aromatic amines is 1. The number of H-pyrrole nitrogens is 1. The molecule has 26 heavy (non-hydrogen) atoms. The van der Waals surface area contributed by atoms with Gasteiger partial charge in [0.2, 0.25) is 0 Å². The minimum Gasteiger partial charge on any atom is -0.294 e. The van der Waals surface area contributed by atoms with Crippen molar-refractivity contribution in [3.63, 3.8) is 0 Å². The Kier molecular flexibility index (Phi) is 4.32. The van der Waals surface area contributed by atoms with E-state index in [1.165, 1.54) is 0 Å². The average Bonchev–Trinajstić information content (AvgIpc) is 3.17. The van der Waals surface area contributed by atoms with Gasteiger partial charge in [0.05, 0.1) is 22.0 Å². The smallest absolute Gasteiger partial charge is 0.163 e. The van der Waals surface area contributed by atoms with Crippen molar-refractivity contribution in [1.82, 2.24) is 10.2 Å². The van der Waals surface area contributed by atoms with Crippen molar-refractivity contribution >= 4 is 38.1 Å². The van der Waals surface area contributed by atoms with Gasteiger partial charge >= 0.3 is 0 Å². The maximum Gasteiger partial charge on any atom is 0.163 e. The van der Waals surface area contributed by atoms with Crippen LogP contribution in [0.5, 0.6) is 0 Å². The Morgan fingerprint density at radius 3 is 2.77 bits per heavy atom. The molecule has 0 amide bonds. The van der Waals surface area contributed by atoms with E-state index in [-0.39, 0.29) is 29.6 Å². The van der Waals surface area contributed by atoms with Crippen molar-refractivity contribution in [3.05, 3.63) is 53.1 Å². The van der Waals surface area contributed by atoms with Crippen LogP contribution in [0.1, 0.15) is 23.2 Å². The van der Waals surface area contributed by atoms with Crippen molar-refractivity contribution in [1.29, 1.82) is 0 Å². The molecule has 0 spiro atoms. The number of ketones is 1. The van der Waals surface area contributed by atoms with Gasteiger partial charge < -0.3 is 0 Å². The summed E-state index contributed by atoms with van der Waals surface area (Å²) in [5.74, 6) is 0.180. The number of benzene rings is 2. The maximum absolute atomic E-state index is 12.5. The fourth-order valence-corrected chi connectivity index (χ4v) is 5.55. The maximum atomic E-state index is 12.5. The molecular formula is C19H17ClN2O3S. The van der Waals surface area contributed by atoms with Gasteiger partial charge in [0.15, 0.2) is 15.6 Å². The first kappa shape index (κ1) is 17.2. The number of carbonyl (C=O) groups excluding carboxylic acids is 1. The summed E-state index contributed by atoms with van der Waals surface area (Å²) >= 11 is 6.26. The standard InChI is InChI=1S/C19H17ClN2O3S/c20-16-4-2-1-3-14(16)19-15-6-5-13(10-17(15)21-22-19)18(23)9-12-7-8-26(24,25)11-12/h1-6,10,12H,7-9,11H2,(H,21,22). The van der Waals surface area contributed by atoms with Crippen LogP contribution in [-0.4, -0.2) is 35.9 Å². The van der Waals surface area contributed by atoms with Crippen LogP contribution in [0.15, 0.2) is 42.5 Å². The van der Waals surface area contributed by atoms with Crippen molar-refractivity contribution in [2.45, 2.75) is 12.8 Å². The molecule has 5 nitrogen and oxygen atoms in total. The molecule has 0 radical (unpaired) electrons. The van der Waals surface area contributed by atoms with Crippen LogP contribution in [0.2, 0.25) is 5.02 Å². The van der Waals surface area contributed by atoms with Crippen molar-refractivity contribution in [2.75, 3.05) is 11.5 Å². The lowest BCUT2D eigenvalue weighted by atomic mass is 9.97. The molecule has 0 saturated carbocycles. The topological polar surface area (TPSA) is 79.9 Å². The molecule has 1 atom stereocenters. The van der Waals surface area contributed by atoms with Gasteiger partial charge in [-0.1, -0.05) is 35.9 Å². The van der Waals surface area contributed by atoms with E-state index in [9.17, 15) is 13.2 Å². The number of nitrogens with zero attached hydrogens (tertiary/aromatic N) is 1. The highest BCUT2D eigenvalue weighted by Gasteiger charge is 2.29. The van der Waals surface area contributed by atoms with Gasteiger partial charge in [-0.15, -0.1) is 0 Å². The average molecular weight is 389 g/mol. The third-order valence-electron chi connectivity index (χ3n) is 4.81. The number of rotatable bonds is 4. The van der Waals surface area contributed by atoms with Crippen molar-refractivity contribution in [2.24, 2.45) is 5.92 Å². The SMILES string of the molecule is O=C(CC1CCS(=O)(=O)C1)c1ccc2c(-c3ccccc3Cl)n[nH]c2c1. The monoisotopic (exact) mass is 388 g/mol. The van der Waals surface area contributed by atoms with Crippen molar-refractivity contribution < 1.29 is 13.2 Å². The van der Waals surface area contributed by atoms with Gasteiger partial charge in [-0.05, 0) is 30.5 Å². The van der Waals surface area contributed by atoms with Crippen LogP contribution < -0.4 is 0 Å². The molecule has 1 N–H and O–H groups in total. The zero-order valence-electron chi connectivity index (χ0n) is 13.9. The highest BCUT2D eigenvalue weighted by Crippen LogP contribution is 2.32. The minimum atomic E-state index is -2.97. The van der Waals surface area contributed by atoms with Gasteiger partial charge in [0.1, 0.15) is 5.69 Å². The van der Waals surface area contributed by atoms with Gasteiger partial charge in [-0.3, -0.25) is 9.89 Å². The van der Waals surface area contributed by atoms with Gasteiger partial charge in [-0.2, -0.15) is 5.10 Å². The van der Waals surface area contributed by atoms with Crippen LogP contribution >= 0.6 is 11.6 Å². The van der Waals surface area contributed by atoms with E-state index in [4.69, 9.17) is 11.6 Å². The number of hydrogen-bond acceptors (Lipinski definition) is 4. The number of fused-ring (bicyclic) bond motifs is 1. The van der Waals surface area contributed by atoms with E-state index < -0.39 is 9.84 Å². The normalized spacial score (nSPS) is 19.0. The molecule has 134 valence electrons. The quantitative estimate of drug-likeness (QED) is 0.687. The molecule has 1 fully saturated rings. The van der Waals surface area contributed by atoms with Crippen LogP contribution in [-0.2, 0) is 9.84 Å². The first-order valence-electron chi connectivity index (χ1n) is 8.39. The fraction of sp³-hybridized carbons (Fsp3) is 0.263. The Bertz CT molecular complexity index is 1100. The molecular weight excluding hydrogens is 372 g/mol. The number of aromatic nitrogens is 2. The summed E-state index contributed by atoms with van der Waals surface area (Å²) < 4.78 is 23.1. The predicted octanol–water partition coefficient (Wildman–Crippen LogP) is 3.89. The Labute approximate surface area is 156 Å². The molecule has 1 aliphatic heterocycles. The number of nitrogens with one attached hydrogen (secondary N) is 1. The summed E-state index contributed by atoms with van der Waals surface area (Å²) in [7, 11) is -2.97. The summed E-state index contributed by atoms with van der Waals surface area (Å²) in [4.78, 5) is 12.5. The number of halogens is 1. The lowest BCUT2D eigenvalue weighted by Gasteiger charge is -2.07. The van der Waals surface area contributed by atoms with Gasteiger partial charge in [0, 0.05) is 22.9 Å². The Morgan fingerprint density at radius 2 is 2.04 bits per heavy atom. The van der Waals surface area contributed by atoms with Gasteiger partial charge in [-0.25, -0.2) is 8.42 Å². The van der Waals surface area contributed by atoms with E-state index in [0.717, 1.165) is 22.2 Å². The summed E-state index contributed by atoms with van der Waals surface area (Å²) in [6.07, 6.45) is 0.827. The third kappa shape index (κ3) is 3.27. The Hall–Kier alpha value is -2.18. The molecule has 4 rings (SSSR count). The van der Waals surface area contributed by atoms with Crippen molar-refractivity contribution in [3.8, 4) is 11.3 Å². The molecule has 7 heteroatoms. The highest BCUT2D eigenvalue weighted by molar-refractivity contribution is 7.91. The Morgan fingerprint density at radius 1 is 1.23 bits per heavy atom. The molecule has 3 aromatic rings. The Balaban J connectivity index is 1.61. The highest BCUT2D eigenvalue weighted by atomic mass is 35.5. The van der Waals surface area contributed by atoms with E-state index >= 15 is 0 Å². The number of Topliss-reactive ketones (excluding diaryl/α,β-unsaturated/α-hetero) is 1. The predicted molar refractivity (Wildman–Crippen MR) is 102 cm³/mol. The molecule has 1 aromatic heterocycles. The zero-order valence-corrected chi connectivity index (χ0v) is 15.5. The molecule has 2 heterocycles. The molecule has 2 aromatic carbocycles. The third-order valence-corrected chi connectivity index (χ3v) is 6.98. The van der Waals surface area contributed by atoms with Gasteiger partial charge in [0.25, 0.3) is 0 Å². The van der Waals surface area contributed by atoms with Crippen LogP contribution in [0.4, 0.5) is 0 Å². The first-order chi connectivity index (χ1) is 12.4. The number of hydrogen-bond donors (Lipinski definition) is 1. The summed E-state index contributed by atoms with van der Waals surface area (Å²) in [6, 6.07) is 12.9. The molecule has 1 aliphatic rings. The van der Waals surface area contributed by atoms with E-state index in [0.29, 0.717) is 17.0 Å². The second-order valence-electron chi connectivity index (χ2n) is 6.71. The lowest BCUT2D eigenvalue weighted by Crippen LogP contribution is -2.10. The largest absolute Gasteiger partial charge is 0.294 e. The molecule has 1 saturated heterocycles.